The second-order valence-electron chi connectivity index (χ2n) is 3.22. The molecular weight excluding hydrogens is 241 g/mol. The van der Waals surface area contributed by atoms with Crippen molar-refractivity contribution < 1.29 is 14.3 Å². The van der Waals surface area contributed by atoms with Crippen LogP contribution in [0.1, 0.15) is 10.4 Å². The SMILES string of the molecule is O=C(O)c1cc(Sc2ccccn2)ccc1F. The second-order valence-corrected chi connectivity index (χ2v) is 4.31. The Bertz CT molecular complexity index is 545. The molecule has 0 bridgehead atoms. The fourth-order valence-electron chi connectivity index (χ4n) is 1.26. The summed E-state index contributed by atoms with van der Waals surface area (Å²) in [5.74, 6) is -2.01. The van der Waals surface area contributed by atoms with Crippen molar-refractivity contribution in [2.75, 3.05) is 0 Å². The van der Waals surface area contributed by atoms with Crippen LogP contribution in [-0.4, -0.2) is 16.1 Å². The van der Waals surface area contributed by atoms with Crippen molar-refractivity contribution in [2.45, 2.75) is 9.92 Å². The van der Waals surface area contributed by atoms with Crippen LogP contribution in [0.5, 0.6) is 0 Å². The Hall–Kier alpha value is -1.88. The van der Waals surface area contributed by atoms with Gasteiger partial charge in [0.15, 0.2) is 0 Å². The lowest BCUT2D eigenvalue weighted by Crippen LogP contribution is -2.00. The van der Waals surface area contributed by atoms with Crippen LogP contribution in [0.2, 0.25) is 0 Å². The molecular formula is C12H8FNO2S. The molecule has 1 N–H and O–H groups in total. The molecule has 0 amide bonds. The van der Waals surface area contributed by atoms with E-state index >= 15 is 0 Å². The van der Waals surface area contributed by atoms with Gasteiger partial charge in [0.2, 0.25) is 0 Å². The smallest absolute Gasteiger partial charge is 0.338 e. The van der Waals surface area contributed by atoms with Crippen LogP contribution in [0.3, 0.4) is 0 Å². The molecule has 0 atom stereocenters. The zero-order chi connectivity index (χ0) is 12.3. The maximum atomic E-state index is 13.2. The topological polar surface area (TPSA) is 50.2 Å². The monoisotopic (exact) mass is 249 g/mol. The number of aromatic nitrogens is 1. The standard InChI is InChI=1S/C12H8FNO2S/c13-10-5-4-8(7-9(10)12(15)16)17-11-3-1-2-6-14-11/h1-7H,(H,15,16). The van der Waals surface area contributed by atoms with Gasteiger partial charge in [0.05, 0.1) is 5.56 Å². The van der Waals surface area contributed by atoms with Gasteiger partial charge in [0, 0.05) is 11.1 Å². The number of carboxylic acid groups (broad SMARTS) is 1. The van der Waals surface area contributed by atoms with Gasteiger partial charge in [-0.15, -0.1) is 0 Å². The van der Waals surface area contributed by atoms with Crippen molar-refractivity contribution >= 4 is 17.7 Å². The lowest BCUT2D eigenvalue weighted by molar-refractivity contribution is 0.0691. The van der Waals surface area contributed by atoms with Gasteiger partial charge >= 0.3 is 5.97 Å². The van der Waals surface area contributed by atoms with Crippen LogP contribution >= 0.6 is 11.8 Å². The third kappa shape index (κ3) is 2.82. The minimum atomic E-state index is -1.27. The van der Waals surface area contributed by atoms with Gasteiger partial charge < -0.3 is 5.11 Å². The van der Waals surface area contributed by atoms with Gasteiger partial charge in [-0.05, 0) is 30.3 Å². The Labute approximate surface area is 101 Å². The Balaban J connectivity index is 2.29. The maximum Gasteiger partial charge on any atom is 0.338 e. The highest BCUT2D eigenvalue weighted by Crippen LogP contribution is 2.27. The minimum absolute atomic E-state index is 0.328. The molecule has 0 aliphatic heterocycles. The van der Waals surface area contributed by atoms with Crippen LogP contribution in [-0.2, 0) is 0 Å². The van der Waals surface area contributed by atoms with Crippen molar-refractivity contribution in [1.29, 1.82) is 0 Å². The molecule has 1 heterocycles. The molecule has 1 aromatic carbocycles. The molecule has 3 nitrogen and oxygen atoms in total. The van der Waals surface area contributed by atoms with Gasteiger partial charge in [0.1, 0.15) is 10.8 Å². The van der Waals surface area contributed by atoms with Crippen LogP contribution < -0.4 is 0 Å². The third-order valence-electron chi connectivity index (χ3n) is 2.03. The molecule has 0 saturated carbocycles. The number of hydrogen-bond acceptors (Lipinski definition) is 3. The molecule has 0 aliphatic rings. The number of carbonyl (C=O) groups is 1. The fraction of sp³-hybridized carbons (Fsp3) is 0. The van der Waals surface area contributed by atoms with Gasteiger partial charge in [-0.3, -0.25) is 0 Å². The molecule has 0 spiro atoms. The van der Waals surface area contributed by atoms with E-state index < -0.39 is 11.8 Å². The largest absolute Gasteiger partial charge is 0.478 e. The van der Waals surface area contributed by atoms with E-state index in [1.165, 1.54) is 23.9 Å². The summed E-state index contributed by atoms with van der Waals surface area (Å²) in [5, 5.41) is 9.52. The van der Waals surface area contributed by atoms with Crippen molar-refractivity contribution in [3.05, 3.63) is 54.0 Å². The molecule has 2 aromatic rings. The lowest BCUT2D eigenvalue weighted by atomic mass is 10.2. The van der Waals surface area contributed by atoms with Crippen LogP contribution in [0.15, 0.2) is 52.5 Å². The number of hydrogen-bond donors (Lipinski definition) is 1. The first-order valence-electron chi connectivity index (χ1n) is 4.78. The van der Waals surface area contributed by atoms with E-state index in [2.05, 4.69) is 4.98 Å². The minimum Gasteiger partial charge on any atom is -0.478 e. The molecule has 0 aliphatic carbocycles. The number of aromatic carboxylic acids is 1. The lowest BCUT2D eigenvalue weighted by Gasteiger charge is -2.02. The zero-order valence-electron chi connectivity index (χ0n) is 8.63. The normalized spacial score (nSPS) is 10.2. The molecule has 0 unspecified atom stereocenters. The van der Waals surface area contributed by atoms with Gasteiger partial charge in [0.25, 0.3) is 0 Å². The van der Waals surface area contributed by atoms with E-state index in [-0.39, 0.29) is 5.56 Å². The Morgan fingerprint density at radius 2 is 2.12 bits per heavy atom. The van der Waals surface area contributed by atoms with Crippen LogP contribution in [0.4, 0.5) is 4.39 Å². The molecule has 0 fully saturated rings. The Kier molecular flexibility index (Phi) is 3.39. The fourth-order valence-corrected chi connectivity index (χ4v) is 2.07. The molecule has 2 rings (SSSR count). The highest BCUT2D eigenvalue weighted by molar-refractivity contribution is 7.99. The summed E-state index contributed by atoms with van der Waals surface area (Å²) in [6, 6.07) is 9.40. The zero-order valence-corrected chi connectivity index (χ0v) is 9.45. The third-order valence-corrected chi connectivity index (χ3v) is 2.97. The summed E-state index contributed by atoms with van der Waals surface area (Å²) >= 11 is 1.29. The number of nitrogens with zero attached hydrogens (tertiary/aromatic N) is 1. The van der Waals surface area contributed by atoms with Gasteiger partial charge in [-0.25, -0.2) is 14.2 Å². The molecule has 1 aromatic heterocycles. The van der Waals surface area contributed by atoms with Crippen molar-refractivity contribution in [1.82, 2.24) is 4.98 Å². The Morgan fingerprint density at radius 1 is 1.29 bits per heavy atom. The summed E-state index contributed by atoms with van der Waals surface area (Å²) in [4.78, 5) is 15.5. The molecule has 86 valence electrons. The number of rotatable bonds is 3. The molecule has 0 radical (unpaired) electrons. The van der Waals surface area contributed by atoms with Crippen molar-refractivity contribution in [2.24, 2.45) is 0 Å². The summed E-state index contributed by atoms with van der Waals surface area (Å²) in [6.07, 6.45) is 1.64. The highest BCUT2D eigenvalue weighted by atomic mass is 32.2. The summed E-state index contributed by atoms with van der Waals surface area (Å²) in [7, 11) is 0. The maximum absolute atomic E-state index is 13.2. The predicted molar refractivity (Wildman–Crippen MR) is 61.7 cm³/mol. The summed E-state index contributed by atoms with van der Waals surface area (Å²) < 4.78 is 13.2. The van der Waals surface area contributed by atoms with Crippen LogP contribution in [0, 0.1) is 5.82 Å². The second kappa shape index (κ2) is 4.97. The molecule has 17 heavy (non-hydrogen) atoms. The first-order valence-corrected chi connectivity index (χ1v) is 5.60. The number of benzene rings is 1. The summed E-state index contributed by atoms with van der Waals surface area (Å²) in [5.41, 5.74) is -0.328. The first-order chi connectivity index (χ1) is 8.16. The Morgan fingerprint density at radius 3 is 2.76 bits per heavy atom. The van der Waals surface area contributed by atoms with Crippen LogP contribution in [0.25, 0.3) is 0 Å². The van der Waals surface area contributed by atoms with E-state index in [1.54, 1.807) is 18.3 Å². The van der Waals surface area contributed by atoms with E-state index in [0.29, 0.717) is 4.90 Å². The highest BCUT2D eigenvalue weighted by Gasteiger charge is 2.11. The number of halogens is 1. The average molecular weight is 249 g/mol. The average Bonchev–Trinajstić information content (AvgIpc) is 2.32. The molecule has 0 saturated heterocycles. The molecule has 5 heteroatoms. The van der Waals surface area contributed by atoms with Gasteiger partial charge in [-0.1, -0.05) is 17.8 Å². The van der Waals surface area contributed by atoms with E-state index in [0.717, 1.165) is 11.1 Å². The van der Waals surface area contributed by atoms with E-state index in [9.17, 15) is 9.18 Å². The summed E-state index contributed by atoms with van der Waals surface area (Å²) in [6.45, 7) is 0. The predicted octanol–water partition coefficient (Wildman–Crippen LogP) is 3.07. The van der Waals surface area contributed by atoms with Crippen molar-refractivity contribution in [3.63, 3.8) is 0 Å². The van der Waals surface area contributed by atoms with Crippen molar-refractivity contribution in [3.8, 4) is 0 Å². The van der Waals surface area contributed by atoms with E-state index in [1.807, 2.05) is 6.07 Å². The number of pyridine rings is 1. The first kappa shape index (κ1) is 11.6. The van der Waals surface area contributed by atoms with Gasteiger partial charge in [-0.2, -0.15) is 0 Å². The van der Waals surface area contributed by atoms with E-state index in [4.69, 9.17) is 5.11 Å². The number of carboxylic acids is 1. The quantitative estimate of drug-likeness (QED) is 0.908.